The molecule has 4 rings (SSSR count). The van der Waals surface area contributed by atoms with Crippen LogP contribution in [0.1, 0.15) is 36.8 Å². The normalized spacial score (nSPS) is 20.2. The molecule has 0 bridgehead atoms. The van der Waals surface area contributed by atoms with Gasteiger partial charge in [0.15, 0.2) is 0 Å². The van der Waals surface area contributed by atoms with Crippen LogP contribution in [0.4, 0.5) is 11.4 Å². The number of fused-ring (bicyclic) bond motifs is 1. The summed E-state index contributed by atoms with van der Waals surface area (Å²) in [6, 6.07) is 10.7. The average Bonchev–Trinajstić information content (AvgIpc) is 2.84. The molecular formula is C22H22N4O8. The van der Waals surface area contributed by atoms with Gasteiger partial charge in [-0.3, -0.25) is 39.5 Å². The average molecular weight is 470 g/mol. The molecule has 0 radical (unpaired) electrons. The van der Waals surface area contributed by atoms with Crippen molar-refractivity contribution in [1.82, 2.24) is 10.1 Å². The number of benzene rings is 2. The predicted molar refractivity (Wildman–Crippen MR) is 116 cm³/mol. The molecule has 0 unspecified atom stereocenters. The van der Waals surface area contributed by atoms with Gasteiger partial charge >= 0.3 is 11.8 Å². The van der Waals surface area contributed by atoms with Crippen LogP contribution < -0.4 is 0 Å². The Balaban J connectivity index is 1.43. The van der Waals surface area contributed by atoms with Gasteiger partial charge in [0.2, 0.25) is 0 Å². The van der Waals surface area contributed by atoms with Crippen molar-refractivity contribution < 1.29 is 29.1 Å². The minimum atomic E-state index is -0.853. The smallest absolute Gasteiger partial charge is 0.265 e. The monoisotopic (exact) mass is 470 g/mol. The number of carbonyl (C=O) groups excluding carboxylic acids is 2. The zero-order valence-corrected chi connectivity index (χ0v) is 18.1. The van der Waals surface area contributed by atoms with E-state index in [1.165, 1.54) is 48.5 Å². The fourth-order valence-corrected chi connectivity index (χ4v) is 4.15. The summed E-state index contributed by atoms with van der Waals surface area (Å²) in [7, 11) is 0. The first-order chi connectivity index (χ1) is 16.3. The van der Waals surface area contributed by atoms with E-state index in [-0.39, 0.29) is 24.6 Å². The third-order valence-electron chi connectivity index (χ3n) is 5.91. The molecule has 2 aromatic carbocycles. The summed E-state index contributed by atoms with van der Waals surface area (Å²) in [5, 5.41) is 23.8. The first kappa shape index (κ1) is 23.3. The van der Waals surface area contributed by atoms with Crippen molar-refractivity contribution in [1.29, 1.82) is 0 Å². The molecule has 2 aromatic rings. The third kappa shape index (κ3) is 4.87. The summed E-state index contributed by atoms with van der Waals surface area (Å²) in [6.07, 6.45) is 2.97. The molecule has 2 atom stereocenters. The van der Waals surface area contributed by atoms with E-state index in [1.54, 1.807) is 0 Å². The van der Waals surface area contributed by atoms with Crippen molar-refractivity contribution in [3.8, 4) is 0 Å². The van der Waals surface area contributed by atoms with Crippen LogP contribution in [0, 0.1) is 20.2 Å². The van der Waals surface area contributed by atoms with E-state index >= 15 is 0 Å². The molecule has 0 aromatic heterocycles. The van der Waals surface area contributed by atoms with Gasteiger partial charge in [-0.05, 0) is 48.2 Å². The SMILES string of the molecule is O=C1C(=O)N(OCc2ccc([N+](=O)[O-])cc2)[C@@H]2CCCC[C@H]2N1OCc1ccc([N+](=O)[O-])cc1. The molecule has 12 heteroatoms. The number of hydroxylamine groups is 4. The second-order valence-corrected chi connectivity index (χ2v) is 8.08. The van der Waals surface area contributed by atoms with Crippen molar-refractivity contribution in [2.75, 3.05) is 0 Å². The molecule has 2 fully saturated rings. The zero-order chi connectivity index (χ0) is 24.2. The number of nitro benzene ring substituents is 2. The maximum atomic E-state index is 12.9. The number of rotatable bonds is 8. The molecule has 34 heavy (non-hydrogen) atoms. The summed E-state index contributed by atoms with van der Waals surface area (Å²) in [5.74, 6) is -1.71. The van der Waals surface area contributed by atoms with Crippen molar-refractivity contribution >= 4 is 23.2 Å². The summed E-state index contributed by atoms with van der Waals surface area (Å²) in [5.41, 5.74) is 1.13. The van der Waals surface area contributed by atoms with Gasteiger partial charge in [0.25, 0.3) is 11.4 Å². The minimum Gasteiger partial charge on any atom is -0.265 e. The largest absolute Gasteiger partial charge is 0.338 e. The molecule has 178 valence electrons. The van der Waals surface area contributed by atoms with Gasteiger partial charge in [0.05, 0.1) is 21.9 Å². The van der Waals surface area contributed by atoms with E-state index in [1.807, 2.05) is 0 Å². The van der Waals surface area contributed by atoms with Crippen LogP contribution in [-0.4, -0.2) is 43.9 Å². The van der Waals surface area contributed by atoms with Crippen molar-refractivity contribution in [3.05, 3.63) is 79.9 Å². The second-order valence-electron chi connectivity index (χ2n) is 8.08. The van der Waals surface area contributed by atoms with Crippen LogP contribution in [0.2, 0.25) is 0 Å². The number of hydrogen-bond donors (Lipinski definition) is 0. The molecule has 1 saturated heterocycles. The first-order valence-corrected chi connectivity index (χ1v) is 10.7. The molecule has 1 saturated carbocycles. The summed E-state index contributed by atoms with van der Waals surface area (Å²) < 4.78 is 0. The topological polar surface area (TPSA) is 145 Å². The number of hydrogen-bond acceptors (Lipinski definition) is 8. The molecular weight excluding hydrogens is 448 g/mol. The maximum absolute atomic E-state index is 12.9. The maximum Gasteiger partial charge on any atom is 0.338 e. The number of amides is 2. The van der Waals surface area contributed by atoms with Gasteiger partial charge in [-0.25, -0.2) is 10.1 Å². The number of piperazine rings is 1. The number of nitro groups is 2. The van der Waals surface area contributed by atoms with Gasteiger partial charge < -0.3 is 0 Å². The standard InChI is InChI=1S/C22H22N4O8/c27-21-22(28)24(34-14-16-7-11-18(12-8-16)26(31)32)20-4-2-1-3-19(20)23(21)33-13-15-5-9-17(10-6-15)25(29)30/h5-12,19-20H,1-4,13-14H2/t19-,20-/m1/s1. The molecule has 1 aliphatic carbocycles. The van der Waals surface area contributed by atoms with Crippen LogP contribution in [0.15, 0.2) is 48.5 Å². The van der Waals surface area contributed by atoms with Gasteiger partial charge in [-0.15, -0.1) is 0 Å². The summed E-state index contributed by atoms with van der Waals surface area (Å²) >= 11 is 0. The van der Waals surface area contributed by atoms with Crippen LogP contribution in [0.5, 0.6) is 0 Å². The lowest BCUT2D eigenvalue weighted by atomic mass is 9.88. The van der Waals surface area contributed by atoms with E-state index in [0.29, 0.717) is 24.0 Å². The van der Waals surface area contributed by atoms with Crippen LogP contribution in [-0.2, 0) is 32.5 Å². The highest BCUT2D eigenvalue weighted by Gasteiger charge is 2.49. The number of nitrogens with zero attached hydrogens (tertiary/aromatic N) is 4. The van der Waals surface area contributed by atoms with E-state index in [2.05, 4.69) is 0 Å². The van der Waals surface area contributed by atoms with E-state index in [4.69, 9.17) is 9.68 Å². The van der Waals surface area contributed by atoms with E-state index < -0.39 is 33.7 Å². The lowest BCUT2D eigenvalue weighted by Gasteiger charge is -2.46. The quantitative estimate of drug-likeness (QED) is 0.325. The Kier molecular flexibility index (Phi) is 6.80. The molecule has 2 amide bonds. The summed E-state index contributed by atoms with van der Waals surface area (Å²) in [4.78, 5) is 57.7. The van der Waals surface area contributed by atoms with Gasteiger partial charge in [-0.1, -0.05) is 12.8 Å². The van der Waals surface area contributed by atoms with E-state index in [9.17, 15) is 29.8 Å². The Morgan fingerprint density at radius 1 is 0.706 bits per heavy atom. The third-order valence-corrected chi connectivity index (χ3v) is 5.91. The lowest BCUT2D eigenvalue weighted by Crippen LogP contribution is -2.65. The van der Waals surface area contributed by atoms with Crippen molar-refractivity contribution in [2.45, 2.75) is 51.0 Å². The fourth-order valence-electron chi connectivity index (χ4n) is 4.15. The van der Waals surface area contributed by atoms with Gasteiger partial charge in [0.1, 0.15) is 13.2 Å². The highest BCUT2D eigenvalue weighted by molar-refractivity contribution is 6.35. The lowest BCUT2D eigenvalue weighted by molar-refractivity contribution is -0.385. The molecule has 1 heterocycles. The second kappa shape index (κ2) is 9.93. The Bertz CT molecular complexity index is 1000. The highest BCUT2D eigenvalue weighted by atomic mass is 16.7. The molecule has 1 aliphatic heterocycles. The Labute approximate surface area is 193 Å². The summed E-state index contributed by atoms with van der Waals surface area (Å²) in [6.45, 7) is -0.0478. The highest BCUT2D eigenvalue weighted by Crippen LogP contribution is 2.32. The predicted octanol–water partition coefficient (Wildman–Crippen LogP) is 3.05. The minimum absolute atomic E-state index is 0.0239. The number of carbonyl (C=O) groups is 2. The number of non-ortho nitro benzene ring substituents is 2. The Morgan fingerprint density at radius 3 is 1.38 bits per heavy atom. The molecule has 2 aliphatic rings. The Morgan fingerprint density at radius 2 is 1.06 bits per heavy atom. The molecule has 0 spiro atoms. The molecule has 0 N–H and O–H groups in total. The van der Waals surface area contributed by atoms with Crippen LogP contribution >= 0.6 is 0 Å². The Hall–Kier alpha value is -3.90. The zero-order valence-electron chi connectivity index (χ0n) is 18.1. The van der Waals surface area contributed by atoms with Gasteiger partial charge in [-0.2, -0.15) is 0 Å². The van der Waals surface area contributed by atoms with Crippen molar-refractivity contribution in [2.24, 2.45) is 0 Å². The van der Waals surface area contributed by atoms with Crippen molar-refractivity contribution in [3.63, 3.8) is 0 Å². The van der Waals surface area contributed by atoms with Crippen LogP contribution in [0.3, 0.4) is 0 Å². The van der Waals surface area contributed by atoms with Crippen LogP contribution in [0.25, 0.3) is 0 Å². The first-order valence-electron chi connectivity index (χ1n) is 10.7. The fraction of sp³-hybridized carbons (Fsp3) is 0.364. The van der Waals surface area contributed by atoms with E-state index in [0.717, 1.165) is 23.0 Å². The molecule has 12 nitrogen and oxygen atoms in total. The van der Waals surface area contributed by atoms with Gasteiger partial charge in [0, 0.05) is 24.3 Å².